The molecule has 1 saturated heterocycles. The zero-order valence-corrected chi connectivity index (χ0v) is 13.5. The summed E-state index contributed by atoms with van der Waals surface area (Å²) in [6.45, 7) is 5.92. The Labute approximate surface area is 130 Å². The molecule has 6 nitrogen and oxygen atoms in total. The Bertz CT molecular complexity index is 444. The number of thiazole rings is 1. The van der Waals surface area contributed by atoms with Crippen molar-refractivity contribution in [2.24, 2.45) is 4.99 Å². The summed E-state index contributed by atoms with van der Waals surface area (Å²) in [7, 11) is 1.77. The monoisotopic (exact) mass is 312 g/mol. The van der Waals surface area contributed by atoms with E-state index in [1.807, 2.05) is 6.20 Å². The minimum Gasteiger partial charge on any atom is -0.379 e. The molecule has 1 fully saturated rings. The number of ether oxygens (including phenoxy) is 2. The third kappa shape index (κ3) is 5.99. The Morgan fingerprint density at radius 2 is 2.48 bits per heavy atom. The molecule has 0 aliphatic carbocycles. The van der Waals surface area contributed by atoms with Crippen molar-refractivity contribution in [1.82, 2.24) is 15.6 Å². The van der Waals surface area contributed by atoms with Crippen LogP contribution in [0.15, 0.2) is 11.2 Å². The Hall–Kier alpha value is -1.18. The van der Waals surface area contributed by atoms with Gasteiger partial charge in [0.15, 0.2) is 5.96 Å². The van der Waals surface area contributed by atoms with E-state index in [9.17, 15) is 0 Å². The van der Waals surface area contributed by atoms with Gasteiger partial charge in [-0.2, -0.15) is 0 Å². The van der Waals surface area contributed by atoms with Crippen LogP contribution < -0.4 is 10.6 Å². The molecule has 118 valence electrons. The van der Waals surface area contributed by atoms with E-state index in [0.29, 0.717) is 6.54 Å². The summed E-state index contributed by atoms with van der Waals surface area (Å²) in [4.78, 5) is 9.74. The topological polar surface area (TPSA) is 67.8 Å². The van der Waals surface area contributed by atoms with Crippen LogP contribution in [0.1, 0.15) is 22.7 Å². The number of hydrogen-bond donors (Lipinski definition) is 2. The van der Waals surface area contributed by atoms with Crippen LogP contribution in [-0.4, -0.2) is 50.5 Å². The first-order chi connectivity index (χ1) is 10.3. The third-order valence-corrected chi connectivity index (χ3v) is 4.07. The van der Waals surface area contributed by atoms with E-state index in [0.717, 1.165) is 50.2 Å². The maximum atomic E-state index is 5.72. The molecule has 7 heteroatoms. The lowest BCUT2D eigenvalue weighted by molar-refractivity contribution is 0.0420. The van der Waals surface area contributed by atoms with E-state index < -0.39 is 0 Å². The number of aromatic nitrogens is 1. The van der Waals surface area contributed by atoms with Gasteiger partial charge in [0.05, 0.1) is 19.3 Å². The summed E-state index contributed by atoms with van der Waals surface area (Å²) in [6.07, 6.45) is 4.15. The van der Waals surface area contributed by atoms with Crippen LogP contribution in [0, 0.1) is 6.92 Å². The quantitative estimate of drug-likeness (QED) is 0.451. The van der Waals surface area contributed by atoms with E-state index in [-0.39, 0.29) is 6.10 Å². The number of nitrogens with one attached hydrogen (secondary N) is 2. The lowest BCUT2D eigenvalue weighted by Crippen LogP contribution is -2.37. The van der Waals surface area contributed by atoms with E-state index in [4.69, 9.17) is 9.47 Å². The zero-order valence-electron chi connectivity index (χ0n) is 12.7. The molecule has 1 aromatic rings. The molecule has 0 saturated carbocycles. The maximum Gasteiger partial charge on any atom is 0.191 e. The van der Waals surface area contributed by atoms with Crippen LogP contribution in [0.2, 0.25) is 0 Å². The summed E-state index contributed by atoms with van der Waals surface area (Å²) in [5, 5.41) is 7.60. The minimum absolute atomic E-state index is 0.288. The van der Waals surface area contributed by atoms with Crippen LogP contribution in [-0.2, 0) is 16.0 Å². The molecule has 21 heavy (non-hydrogen) atoms. The predicted molar refractivity (Wildman–Crippen MR) is 84.8 cm³/mol. The van der Waals surface area contributed by atoms with Gasteiger partial charge in [-0.3, -0.25) is 4.99 Å². The van der Waals surface area contributed by atoms with Crippen molar-refractivity contribution in [3.8, 4) is 0 Å². The van der Waals surface area contributed by atoms with Crippen molar-refractivity contribution in [1.29, 1.82) is 0 Å². The highest BCUT2D eigenvalue weighted by atomic mass is 32.1. The molecule has 1 aliphatic heterocycles. The summed E-state index contributed by atoms with van der Waals surface area (Å²) in [5.74, 6) is 0.798. The fourth-order valence-corrected chi connectivity index (χ4v) is 2.76. The molecule has 1 atom stereocenters. The van der Waals surface area contributed by atoms with E-state index in [1.165, 1.54) is 4.88 Å². The molecule has 2 rings (SSSR count). The predicted octanol–water partition coefficient (Wildman–Crippen LogP) is 1.31. The number of nitrogens with zero attached hydrogens (tertiary/aromatic N) is 2. The van der Waals surface area contributed by atoms with Gasteiger partial charge in [-0.25, -0.2) is 4.98 Å². The van der Waals surface area contributed by atoms with Crippen LogP contribution in [0.4, 0.5) is 0 Å². The second-order valence-electron chi connectivity index (χ2n) is 4.93. The number of aryl methyl sites for hydroxylation is 1. The second kappa shape index (κ2) is 8.96. The molecule has 1 aromatic heterocycles. The average molecular weight is 312 g/mol. The largest absolute Gasteiger partial charge is 0.379 e. The van der Waals surface area contributed by atoms with Crippen LogP contribution >= 0.6 is 11.3 Å². The number of rotatable bonds is 7. The summed E-state index contributed by atoms with van der Waals surface area (Å²) < 4.78 is 11.0. The van der Waals surface area contributed by atoms with Gasteiger partial charge in [0.25, 0.3) is 0 Å². The lowest BCUT2D eigenvalue weighted by atomic mass is 10.3. The normalized spacial score (nSPS) is 19.0. The second-order valence-corrected chi connectivity index (χ2v) is 6.25. The molecule has 0 bridgehead atoms. The molecule has 1 unspecified atom stereocenters. The van der Waals surface area contributed by atoms with E-state index in [2.05, 4.69) is 27.5 Å². The Kier molecular flexibility index (Phi) is 6.91. The molecule has 2 heterocycles. The molecular formula is C14H24N4O2S. The van der Waals surface area contributed by atoms with Crippen LogP contribution in [0.5, 0.6) is 0 Å². The highest BCUT2D eigenvalue weighted by Gasteiger charge is 2.15. The van der Waals surface area contributed by atoms with Crippen molar-refractivity contribution in [3.63, 3.8) is 0 Å². The van der Waals surface area contributed by atoms with Gasteiger partial charge >= 0.3 is 0 Å². The van der Waals surface area contributed by atoms with Gasteiger partial charge in [0.2, 0.25) is 0 Å². The van der Waals surface area contributed by atoms with Gasteiger partial charge in [0.1, 0.15) is 5.01 Å². The number of hydrogen-bond acceptors (Lipinski definition) is 5. The van der Waals surface area contributed by atoms with Crippen molar-refractivity contribution in [2.45, 2.75) is 32.4 Å². The average Bonchev–Trinajstić information content (AvgIpc) is 3.13. The first kappa shape index (κ1) is 16.2. The Morgan fingerprint density at radius 3 is 3.14 bits per heavy atom. The SMILES string of the molecule is CN=C(NCCCOC1CCOC1)NCc1ncc(C)s1. The fraction of sp³-hybridized carbons (Fsp3) is 0.714. The van der Waals surface area contributed by atoms with Crippen molar-refractivity contribution < 1.29 is 9.47 Å². The van der Waals surface area contributed by atoms with Gasteiger partial charge in [0, 0.05) is 37.9 Å². The van der Waals surface area contributed by atoms with Gasteiger partial charge in [-0.05, 0) is 19.8 Å². The third-order valence-electron chi connectivity index (χ3n) is 3.15. The smallest absolute Gasteiger partial charge is 0.191 e. The van der Waals surface area contributed by atoms with E-state index in [1.54, 1.807) is 18.4 Å². The summed E-state index contributed by atoms with van der Waals surface area (Å²) in [6, 6.07) is 0. The standard InChI is InChI=1S/C14H24N4O2S/c1-11-8-17-13(21-11)9-18-14(15-2)16-5-3-6-20-12-4-7-19-10-12/h8,12H,3-7,9-10H2,1-2H3,(H2,15,16,18). The van der Waals surface area contributed by atoms with Crippen molar-refractivity contribution in [3.05, 3.63) is 16.1 Å². The lowest BCUT2D eigenvalue weighted by Gasteiger charge is -2.12. The van der Waals surface area contributed by atoms with Crippen molar-refractivity contribution in [2.75, 3.05) is 33.4 Å². The van der Waals surface area contributed by atoms with Gasteiger partial charge in [-0.1, -0.05) is 0 Å². The maximum absolute atomic E-state index is 5.72. The van der Waals surface area contributed by atoms with Gasteiger partial charge in [-0.15, -0.1) is 11.3 Å². The Balaban J connectivity index is 1.55. The highest BCUT2D eigenvalue weighted by molar-refractivity contribution is 7.11. The number of guanidine groups is 1. The molecule has 0 radical (unpaired) electrons. The fourth-order valence-electron chi connectivity index (χ4n) is 2.04. The van der Waals surface area contributed by atoms with Crippen molar-refractivity contribution >= 4 is 17.3 Å². The van der Waals surface area contributed by atoms with Crippen LogP contribution in [0.25, 0.3) is 0 Å². The van der Waals surface area contributed by atoms with Gasteiger partial charge < -0.3 is 20.1 Å². The number of aliphatic imine (C=N–C) groups is 1. The first-order valence-electron chi connectivity index (χ1n) is 7.33. The first-order valence-corrected chi connectivity index (χ1v) is 8.14. The highest BCUT2D eigenvalue weighted by Crippen LogP contribution is 2.10. The molecular weight excluding hydrogens is 288 g/mol. The molecule has 0 spiro atoms. The molecule has 0 aromatic carbocycles. The Morgan fingerprint density at radius 1 is 1.57 bits per heavy atom. The molecule has 1 aliphatic rings. The zero-order chi connectivity index (χ0) is 14.9. The van der Waals surface area contributed by atoms with E-state index >= 15 is 0 Å². The molecule has 0 amide bonds. The summed E-state index contributed by atoms with van der Waals surface area (Å²) in [5.41, 5.74) is 0. The molecule has 2 N–H and O–H groups in total. The summed E-state index contributed by atoms with van der Waals surface area (Å²) >= 11 is 1.70. The minimum atomic E-state index is 0.288. The van der Waals surface area contributed by atoms with Crippen LogP contribution in [0.3, 0.4) is 0 Å².